The van der Waals surface area contributed by atoms with E-state index in [9.17, 15) is 4.79 Å². The van der Waals surface area contributed by atoms with Gasteiger partial charge < -0.3 is 14.4 Å². The fourth-order valence-corrected chi connectivity index (χ4v) is 3.45. The molecule has 3 rings (SSSR count). The molecule has 0 bridgehead atoms. The average Bonchev–Trinajstić information content (AvgIpc) is 2.37. The van der Waals surface area contributed by atoms with Crippen molar-refractivity contribution in [2.75, 3.05) is 26.3 Å². The Kier molecular flexibility index (Phi) is 3.34. The highest BCUT2D eigenvalue weighted by atomic mass is 16.7. The zero-order valence-corrected chi connectivity index (χ0v) is 12.1. The minimum Gasteiger partial charge on any atom is -0.350 e. The van der Waals surface area contributed by atoms with Crippen LogP contribution in [0.4, 0.5) is 0 Å². The monoisotopic (exact) mass is 267 g/mol. The molecule has 0 unspecified atom stereocenters. The van der Waals surface area contributed by atoms with Crippen molar-refractivity contribution in [1.82, 2.24) is 4.90 Å². The second kappa shape index (κ2) is 4.74. The molecule has 19 heavy (non-hydrogen) atoms. The van der Waals surface area contributed by atoms with Crippen molar-refractivity contribution in [3.8, 4) is 0 Å². The molecule has 108 valence electrons. The number of likely N-dealkylation sites (tertiary alicyclic amines) is 1. The van der Waals surface area contributed by atoms with Crippen molar-refractivity contribution in [3.63, 3.8) is 0 Å². The summed E-state index contributed by atoms with van der Waals surface area (Å²) in [6.07, 6.45) is 5.90. The lowest BCUT2D eigenvalue weighted by atomic mass is 9.78. The van der Waals surface area contributed by atoms with E-state index in [2.05, 4.69) is 0 Å². The highest BCUT2D eigenvalue weighted by Crippen LogP contribution is 2.39. The molecule has 1 aliphatic carbocycles. The van der Waals surface area contributed by atoms with Crippen LogP contribution in [0.5, 0.6) is 0 Å². The van der Waals surface area contributed by atoms with Gasteiger partial charge in [0.15, 0.2) is 5.79 Å². The van der Waals surface area contributed by atoms with Crippen molar-refractivity contribution < 1.29 is 14.3 Å². The number of carbonyl (C=O) groups is 1. The molecule has 0 aromatic heterocycles. The molecule has 2 aliphatic heterocycles. The molecule has 0 atom stereocenters. The third kappa shape index (κ3) is 2.65. The maximum Gasteiger partial charge on any atom is 0.225 e. The summed E-state index contributed by atoms with van der Waals surface area (Å²) in [5, 5.41) is 0. The molecule has 0 aromatic rings. The summed E-state index contributed by atoms with van der Waals surface area (Å²) in [6.45, 7) is 6.96. The Labute approximate surface area is 115 Å². The molecule has 2 heterocycles. The normalized spacial score (nSPS) is 30.1. The summed E-state index contributed by atoms with van der Waals surface area (Å²) < 4.78 is 11.5. The molecule has 0 N–H and O–H groups in total. The Morgan fingerprint density at radius 1 is 1.05 bits per heavy atom. The molecule has 3 aliphatic rings. The molecule has 0 radical (unpaired) electrons. The van der Waals surface area contributed by atoms with Gasteiger partial charge in [0.1, 0.15) is 0 Å². The van der Waals surface area contributed by atoms with E-state index in [1.165, 1.54) is 19.3 Å². The smallest absolute Gasteiger partial charge is 0.225 e. The van der Waals surface area contributed by atoms with Crippen molar-refractivity contribution in [2.45, 2.75) is 51.7 Å². The first-order valence-electron chi connectivity index (χ1n) is 7.57. The number of amides is 1. The van der Waals surface area contributed by atoms with Crippen LogP contribution >= 0.6 is 0 Å². The number of rotatable bonds is 1. The predicted octanol–water partition coefficient (Wildman–Crippen LogP) is 2.18. The van der Waals surface area contributed by atoms with Gasteiger partial charge in [0.2, 0.25) is 5.91 Å². The lowest BCUT2D eigenvalue weighted by Crippen LogP contribution is -2.66. The summed E-state index contributed by atoms with van der Waals surface area (Å²) in [7, 11) is 0. The maximum absolute atomic E-state index is 12.4. The first kappa shape index (κ1) is 13.4. The minimum atomic E-state index is -0.459. The van der Waals surface area contributed by atoms with Gasteiger partial charge in [-0.05, 0) is 26.7 Å². The van der Waals surface area contributed by atoms with Crippen LogP contribution in [0.2, 0.25) is 0 Å². The third-order valence-corrected chi connectivity index (χ3v) is 4.77. The molecular weight excluding hydrogens is 242 g/mol. The molecular formula is C15H25NO3. The second-order valence-electron chi connectivity index (χ2n) is 7.01. The Bertz CT molecular complexity index is 342. The summed E-state index contributed by atoms with van der Waals surface area (Å²) >= 11 is 0. The fourth-order valence-electron chi connectivity index (χ4n) is 3.45. The fraction of sp³-hybridized carbons (Fsp3) is 0.933. The van der Waals surface area contributed by atoms with Crippen molar-refractivity contribution in [3.05, 3.63) is 0 Å². The van der Waals surface area contributed by atoms with E-state index < -0.39 is 5.79 Å². The van der Waals surface area contributed by atoms with Crippen LogP contribution < -0.4 is 0 Å². The van der Waals surface area contributed by atoms with Gasteiger partial charge in [-0.25, -0.2) is 0 Å². The average molecular weight is 267 g/mol. The Hall–Kier alpha value is -0.610. The van der Waals surface area contributed by atoms with E-state index in [1.54, 1.807) is 0 Å². The van der Waals surface area contributed by atoms with Crippen LogP contribution in [0.15, 0.2) is 0 Å². The van der Waals surface area contributed by atoms with Crippen LogP contribution in [0.1, 0.15) is 46.0 Å². The number of carbonyl (C=O) groups excluding carboxylic acids is 1. The second-order valence-corrected chi connectivity index (χ2v) is 7.01. The van der Waals surface area contributed by atoms with Gasteiger partial charge in [-0.15, -0.1) is 0 Å². The van der Waals surface area contributed by atoms with E-state index in [1.807, 2.05) is 18.7 Å². The van der Waals surface area contributed by atoms with Crippen LogP contribution in [0.25, 0.3) is 0 Å². The van der Waals surface area contributed by atoms with Crippen LogP contribution in [-0.4, -0.2) is 42.9 Å². The van der Waals surface area contributed by atoms with Crippen molar-refractivity contribution in [1.29, 1.82) is 0 Å². The van der Waals surface area contributed by atoms with Gasteiger partial charge in [0.25, 0.3) is 0 Å². The highest BCUT2D eigenvalue weighted by Gasteiger charge is 2.50. The number of nitrogens with zero attached hydrogens (tertiary/aromatic N) is 1. The van der Waals surface area contributed by atoms with Crippen molar-refractivity contribution in [2.24, 2.45) is 11.3 Å². The first-order valence-corrected chi connectivity index (χ1v) is 7.57. The molecule has 0 aromatic carbocycles. The molecule has 1 saturated carbocycles. The molecule has 4 heteroatoms. The Balaban J connectivity index is 1.51. The van der Waals surface area contributed by atoms with E-state index >= 15 is 0 Å². The minimum absolute atomic E-state index is 0.0693. The lowest BCUT2D eigenvalue weighted by Gasteiger charge is -2.54. The van der Waals surface area contributed by atoms with Gasteiger partial charge in [0, 0.05) is 19.0 Å². The quantitative estimate of drug-likeness (QED) is 0.731. The Morgan fingerprint density at radius 3 is 2.21 bits per heavy atom. The van der Waals surface area contributed by atoms with Gasteiger partial charge in [-0.3, -0.25) is 4.79 Å². The Morgan fingerprint density at radius 2 is 1.63 bits per heavy atom. The standard InChI is InChI=1S/C15H25NO3/c1-14(2)18-10-15(11-19-14)8-16(9-15)13(17)12-6-4-3-5-7-12/h12H,3-11H2,1-2H3. The van der Waals surface area contributed by atoms with Gasteiger partial charge in [-0.2, -0.15) is 0 Å². The molecule has 1 spiro atoms. The highest BCUT2D eigenvalue weighted by molar-refractivity contribution is 5.80. The third-order valence-electron chi connectivity index (χ3n) is 4.77. The van der Waals surface area contributed by atoms with Crippen molar-refractivity contribution >= 4 is 5.91 Å². The largest absolute Gasteiger partial charge is 0.350 e. The van der Waals surface area contributed by atoms with E-state index in [0.717, 1.165) is 25.9 Å². The van der Waals surface area contributed by atoms with E-state index in [0.29, 0.717) is 19.1 Å². The molecule has 1 amide bonds. The molecule has 3 fully saturated rings. The topological polar surface area (TPSA) is 38.8 Å². The van der Waals surface area contributed by atoms with Crippen LogP contribution in [0, 0.1) is 11.3 Å². The number of hydrogen-bond donors (Lipinski definition) is 0. The molecule has 4 nitrogen and oxygen atoms in total. The maximum atomic E-state index is 12.4. The predicted molar refractivity (Wildman–Crippen MR) is 71.6 cm³/mol. The summed E-state index contributed by atoms with van der Waals surface area (Å²) in [4.78, 5) is 14.4. The zero-order chi connectivity index (χ0) is 13.5. The summed E-state index contributed by atoms with van der Waals surface area (Å²) in [5.74, 6) is 0.196. The zero-order valence-electron chi connectivity index (χ0n) is 12.1. The van der Waals surface area contributed by atoms with Gasteiger partial charge in [0.05, 0.1) is 18.6 Å². The van der Waals surface area contributed by atoms with E-state index in [-0.39, 0.29) is 11.3 Å². The van der Waals surface area contributed by atoms with Crippen LogP contribution in [-0.2, 0) is 14.3 Å². The van der Waals surface area contributed by atoms with E-state index in [4.69, 9.17) is 9.47 Å². The van der Waals surface area contributed by atoms with Gasteiger partial charge >= 0.3 is 0 Å². The first-order chi connectivity index (χ1) is 9.00. The SMILES string of the molecule is CC1(C)OCC2(CO1)CN(C(=O)C1CCCCC1)C2. The van der Waals surface area contributed by atoms with Crippen LogP contribution in [0.3, 0.4) is 0 Å². The molecule has 2 saturated heterocycles. The number of ether oxygens (including phenoxy) is 2. The number of hydrogen-bond acceptors (Lipinski definition) is 3. The lowest BCUT2D eigenvalue weighted by molar-refractivity contribution is -0.303. The summed E-state index contributed by atoms with van der Waals surface area (Å²) in [5.41, 5.74) is 0.0693. The summed E-state index contributed by atoms with van der Waals surface area (Å²) in [6, 6.07) is 0. The van der Waals surface area contributed by atoms with Gasteiger partial charge in [-0.1, -0.05) is 19.3 Å².